The molecule has 0 bridgehead atoms. The molecule has 16 heavy (non-hydrogen) atoms. The summed E-state index contributed by atoms with van der Waals surface area (Å²) in [5.41, 5.74) is 0.377. The van der Waals surface area contributed by atoms with Crippen LogP contribution in [-0.2, 0) is 14.2 Å². The van der Waals surface area contributed by atoms with Crippen molar-refractivity contribution in [3.63, 3.8) is 0 Å². The second-order valence-corrected chi connectivity index (χ2v) is 6.45. The van der Waals surface area contributed by atoms with Crippen molar-refractivity contribution in [1.82, 2.24) is 0 Å². The van der Waals surface area contributed by atoms with E-state index in [-0.39, 0.29) is 11.2 Å². The molecule has 0 spiro atoms. The Morgan fingerprint density at radius 2 is 1.88 bits per heavy atom. The molecule has 3 heterocycles. The molecule has 3 aliphatic heterocycles. The molecule has 0 aromatic heterocycles. The van der Waals surface area contributed by atoms with Gasteiger partial charge in [0.05, 0.1) is 30.0 Å². The van der Waals surface area contributed by atoms with Gasteiger partial charge in [-0.15, -0.1) is 0 Å². The van der Waals surface area contributed by atoms with Gasteiger partial charge in [0.15, 0.2) is 0 Å². The van der Waals surface area contributed by atoms with Crippen LogP contribution in [0.15, 0.2) is 0 Å². The summed E-state index contributed by atoms with van der Waals surface area (Å²) in [5, 5.41) is 0. The predicted molar refractivity (Wildman–Crippen MR) is 58.3 cm³/mol. The first kappa shape index (κ1) is 9.86. The van der Waals surface area contributed by atoms with Crippen LogP contribution in [0.1, 0.15) is 39.5 Å². The molecule has 90 valence electrons. The molecule has 1 aliphatic carbocycles. The quantitative estimate of drug-likeness (QED) is 0.638. The standard InChI is InChI=1S/C13H20O3/c1-12-4-3-8(5-10(12)15-12)9-6-13(2)11(16-13)7-14-9/h8-11H,3-7H2,1-2H3. The largest absolute Gasteiger partial charge is 0.375 e. The fourth-order valence-corrected chi connectivity index (χ4v) is 3.66. The van der Waals surface area contributed by atoms with Gasteiger partial charge in [-0.1, -0.05) is 0 Å². The Morgan fingerprint density at radius 3 is 2.62 bits per heavy atom. The van der Waals surface area contributed by atoms with Crippen molar-refractivity contribution in [3.8, 4) is 0 Å². The highest BCUT2D eigenvalue weighted by Crippen LogP contribution is 2.53. The molecular weight excluding hydrogens is 204 g/mol. The highest BCUT2D eigenvalue weighted by Gasteiger charge is 2.60. The molecule has 3 heteroatoms. The topological polar surface area (TPSA) is 34.3 Å². The summed E-state index contributed by atoms with van der Waals surface area (Å²) in [6, 6.07) is 0. The molecule has 1 saturated carbocycles. The van der Waals surface area contributed by atoms with Gasteiger partial charge in [0.1, 0.15) is 6.10 Å². The SMILES string of the molecule is CC12CCC(C3CC4(C)OC4CO3)CC1O2. The molecule has 6 atom stereocenters. The van der Waals surface area contributed by atoms with Gasteiger partial charge >= 0.3 is 0 Å². The average Bonchev–Trinajstić information content (AvgIpc) is 3.08. The molecular formula is C13H20O3. The number of hydrogen-bond donors (Lipinski definition) is 0. The third-order valence-electron chi connectivity index (χ3n) is 5.19. The Balaban J connectivity index is 1.43. The molecule has 3 saturated heterocycles. The van der Waals surface area contributed by atoms with Crippen molar-refractivity contribution in [1.29, 1.82) is 0 Å². The van der Waals surface area contributed by atoms with E-state index in [1.54, 1.807) is 0 Å². The van der Waals surface area contributed by atoms with Crippen LogP contribution in [0, 0.1) is 5.92 Å². The molecule has 0 N–H and O–H groups in total. The zero-order chi connectivity index (χ0) is 11.0. The first-order chi connectivity index (χ1) is 7.59. The molecule has 4 rings (SSSR count). The van der Waals surface area contributed by atoms with Gasteiger partial charge in [0.25, 0.3) is 0 Å². The Hall–Kier alpha value is -0.120. The van der Waals surface area contributed by atoms with Crippen LogP contribution in [0.4, 0.5) is 0 Å². The fourth-order valence-electron chi connectivity index (χ4n) is 3.66. The van der Waals surface area contributed by atoms with Gasteiger partial charge in [0, 0.05) is 6.42 Å². The van der Waals surface area contributed by atoms with Crippen molar-refractivity contribution in [2.24, 2.45) is 5.92 Å². The number of hydrogen-bond acceptors (Lipinski definition) is 3. The van der Waals surface area contributed by atoms with Crippen molar-refractivity contribution < 1.29 is 14.2 Å². The van der Waals surface area contributed by atoms with Crippen molar-refractivity contribution in [2.75, 3.05) is 6.61 Å². The maximum atomic E-state index is 5.96. The third kappa shape index (κ3) is 1.31. The van der Waals surface area contributed by atoms with E-state index in [4.69, 9.17) is 14.2 Å². The smallest absolute Gasteiger partial charge is 0.110 e. The molecule has 4 fully saturated rings. The first-order valence-corrected chi connectivity index (χ1v) is 6.56. The van der Waals surface area contributed by atoms with Gasteiger partial charge < -0.3 is 14.2 Å². The summed E-state index contributed by atoms with van der Waals surface area (Å²) < 4.78 is 17.4. The fraction of sp³-hybridized carbons (Fsp3) is 1.00. The number of epoxide rings is 2. The van der Waals surface area contributed by atoms with Crippen LogP contribution in [-0.4, -0.2) is 36.1 Å². The summed E-state index contributed by atoms with van der Waals surface area (Å²) in [5.74, 6) is 0.697. The number of ether oxygens (including phenoxy) is 3. The van der Waals surface area contributed by atoms with Crippen LogP contribution in [0.5, 0.6) is 0 Å². The number of rotatable bonds is 1. The minimum atomic E-state index is 0.147. The van der Waals surface area contributed by atoms with Crippen molar-refractivity contribution >= 4 is 0 Å². The normalized spacial score (nSPS) is 63.4. The third-order valence-corrected chi connectivity index (χ3v) is 5.19. The van der Waals surface area contributed by atoms with Crippen LogP contribution in [0.25, 0.3) is 0 Å². The first-order valence-electron chi connectivity index (χ1n) is 6.56. The van der Waals surface area contributed by atoms with E-state index in [1.807, 2.05) is 0 Å². The summed E-state index contributed by atoms with van der Waals surface area (Å²) in [4.78, 5) is 0. The lowest BCUT2D eigenvalue weighted by Gasteiger charge is -2.33. The Kier molecular flexibility index (Phi) is 1.74. The zero-order valence-corrected chi connectivity index (χ0v) is 10.1. The van der Waals surface area contributed by atoms with E-state index in [0.29, 0.717) is 24.2 Å². The zero-order valence-electron chi connectivity index (χ0n) is 10.1. The minimum absolute atomic E-state index is 0.147. The summed E-state index contributed by atoms with van der Waals surface area (Å²) in [6.07, 6.45) is 6.07. The summed E-state index contributed by atoms with van der Waals surface area (Å²) in [7, 11) is 0. The molecule has 6 unspecified atom stereocenters. The van der Waals surface area contributed by atoms with Crippen LogP contribution in [0.3, 0.4) is 0 Å². The van der Waals surface area contributed by atoms with E-state index in [9.17, 15) is 0 Å². The summed E-state index contributed by atoms with van der Waals surface area (Å²) >= 11 is 0. The lowest BCUT2D eigenvalue weighted by molar-refractivity contribution is -0.0272. The van der Waals surface area contributed by atoms with Gasteiger partial charge in [-0.25, -0.2) is 0 Å². The molecule has 0 aromatic rings. The number of fused-ring (bicyclic) bond motifs is 2. The maximum absolute atomic E-state index is 5.96. The molecule has 4 aliphatic rings. The molecule has 0 radical (unpaired) electrons. The highest BCUT2D eigenvalue weighted by atomic mass is 16.6. The minimum Gasteiger partial charge on any atom is -0.375 e. The van der Waals surface area contributed by atoms with Gasteiger partial charge in [-0.2, -0.15) is 0 Å². The molecule has 3 nitrogen and oxygen atoms in total. The van der Waals surface area contributed by atoms with Crippen LogP contribution in [0.2, 0.25) is 0 Å². The van der Waals surface area contributed by atoms with Crippen LogP contribution >= 0.6 is 0 Å². The van der Waals surface area contributed by atoms with Gasteiger partial charge in [-0.05, 0) is 39.0 Å². The lowest BCUT2D eigenvalue weighted by Crippen LogP contribution is -2.39. The predicted octanol–water partition coefficient (Wildman–Crippen LogP) is 1.89. The van der Waals surface area contributed by atoms with Crippen molar-refractivity contribution in [3.05, 3.63) is 0 Å². The second-order valence-electron chi connectivity index (χ2n) is 6.45. The highest BCUT2D eigenvalue weighted by molar-refractivity contribution is 5.08. The van der Waals surface area contributed by atoms with Gasteiger partial charge in [0.2, 0.25) is 0 Å². The molecule has 0 amide bonds. The van der Waals surface area contributed by atoms with Crippen molar-refractivity contribution in [2.45, 2.75) is 69.0 Å². The van der Waals surface area contributed by atoms with E-state index >= 15 is 0 Å². The Bertz CT molecular complexity index is 331. The van der Waals surface area contributed by atoms with E-state index in [1.165, 1.54) is 19.3 Å². The average molecular weight is 224 g/mol. The Morgan fingerprint density at radius 1 is 1.06 bits per heavy atom. The van der Waals surface area contributed by atoms with E-state index in [0.717, 1.165) is 13.0 Å². The van der Waals surface area contributed by atoms with E-state index in [2.05, 4.69) is 13.8 Å². The van der Waals surface area contributed by atoms with Crippen LogP contribution < -0.4 is 0 Å². The monoisotopic (exact) mass is 224 g/mol. The molecule has 0 aromatic carbocycles. The second kappa shape index (κ2) is 2.82. The summed E-state index contributed by atoms with van der Waals surface area (Å²) in [6.45, 7) is 5.28. The van der Waals surface area contributed by atoms with Gasteiger partial charge in [-0.3, -0.25) is 0 Å². The lowest BCUT2D eigenvalue weighted by atomic mass is 9.77. The Labute approximate surface area is 96.4 Å². The van der Waals surface area contributed by atoms with E-state index < -0.39 is 0 Å². The maximum Gasteiger partial charge on any atom is 0.110 e.